The van der Waals surface area contributed by atoms with Crippen LogP contribution < -0.4 is 9.47 Å². The molecule has 0 radical (unpaired) electrons. The van der Waals surface area contributed by atoms with Crippen LogP contribution in [0.3, 0.4) is 0 Å². The summed E-state index contributed by atoms with van der Waals surface area (Å²) in [4.78, 5) is 35.1. The SMILES string of the molecule is CC(=O)O[Si](COc1ccc2c(c1)COC(C1CCCCC1)(C1CCCCC1)O2)(OC(C)=O)OC(C)=O. The van der Waals surface area contributed by atoms with Gasteiger partial charge in [-0.05, 0) is 43.9 Å². The van der Waals surface area contributed by atoms with E-state index in [4.69, 9.17) is 27.5 Å². The third-order valence-corrected chi connectivity index (χ3v) is 9.71. The molecule has 10 heteroatoms. The average molecular weight is 535 g/mol. The first-order valence-electron chi connectivity index (χ1n) is 13.4. The van der Waals surface area contributed by atoms with Gasteiger partial charge in [-0.25, -0.2) is 0 Å². The Kier molecular flexibility index (Phi) is 8.79. The van der Waals surface area contributed by atoms with Crippen LogP contribution in [0.2, 0.25) is 0 Å². The second-order valence-corrected chi connectivity index (χ2v) is 12.6. The number of hydrogen-bond donors (Lipinski definition) is 0. The van der Waals surface area contributed by atoms with E-state index in [0.29, 0.717) is 24.2 Å². The second-order valence-electron chi connectivity index (χ2n) is 10.3. The summed E-state index contributed by atoms with van der Waals surface area (Å²) in [5.74, 6) is -0.828. The van der Waals surface area contributed by atoms with Crippen LogP contribution in [-0.4, -0.2) is 38.7 Å². The summed E-state index contributed by atoms with van der Waals surface area (Å²) in [5.41, 5.74) is 0.847. The molecule has 2 saturated carbocycles. The highest BCUT2D eigenvalue weighted by molar-refractivity contribution is 6.65. The van der Waals surface area contributed by atoms with E-state index >= 15 is 0 Å². The number of fused-ring (bicyclic) bond motifs is 1. The fourth-order valence-electron chi connectivity index (χ4n) is 5.98. The smallest absolute Gasteiger partial charge is 0.485 e. The van der Waals surface area contributed by atoms with Crippen LogP contribution in [0.1, 0.15) is 90.5 Å². The summed E-state index contributed by atoms with van der Waals surface area (Å²) < 4.78 is 34.9. The Morgan fingerprint density at radius 2 is 1.35 bits per heavy atom. The highest BCUT2D eigenvalue weighted by Gasteiger charge is 2.54. The number of carbonyl (C=O) groups excluding carboxylic acids is 3. The average Bonchev–Trinajstić information content (AvgIpc) is 2.87. The summed E-state index contributed by atoms with van der Waals surface area (Å²) in [6, 6.07) is 5.43. The van der Waals surface area contributed by atoms with Gasteiger partial charge in [0.2, 0.25) is 5.79 Å². The van der Waals surface area contributed by atoms with Gasteiger partial charge in [-0.2, -0.15) is 0 Å². The van der Waals surface area contributed by atoms with Crippen molar-refractivity contribution in [3.8, 4) is 11.5 Å². The summed E-state index contributed by atoms with van der Waals surface area (Å²) in [6.07, 6.45) is 11.5. The van der Waals surface area contributed by atoms with Gasteiger partial charge in [0, 0.05) is 38.2 Å². The molecule has 1 heterocycles. The standard InChI is InChI=1S/C27H38O9Si/c1-19(28)34-37(35-20(2)29,36-21(3)30)18-31-25-14-15-26-22(16-25)17-32-27(33-26,23-10-6-4-7-11-23)24-12-8-5-9-13-24/h14-16,23-24H,4-13,17-18H2,1-3H3. The lowest BCUT2D eigenvalue weighted by Gasteiger charge is -2.50. The van der Waals surface area contributed by atoms with E-state index in [9.17, 15) is 14.4 Å². The van der Waals surface area contributed by atoms with Gasteiger partial charge in [-0.1, -0.05) is 38.5 Å². The van der Waals surface area contributed by atoms with Crippen molar-refractivity contribution in [3.63, 3.8) is 0 Å². The number of benzene rings is 1. The summed E-state index contributed by atoms with van der Waals surface area (Å²) in [5, 5.41) is 0. The fourth-order valence-corrected chi connectivity index (χ4v) is 7.93. The molecule has 0 spiro atoms. The third kappa shape index (κ3) is 6.65. The monoisotopic (exact) mass is 534 g/mol. The second kappa shape index (κ2) is 11.9. The first-order chi connectivity index (χ1) is 17.7. The maximum absolute atomic E-state index is 11.7. The molecular formula is C27H38O9Si. The lowest BCUT2D eigenvalue weighted by atomic mass is 9.72. The van der Waals surface area contributed by atoms with Crippen LogP contribution in [0.25, 0.3) is 0 Å². The first-order valence-corrected chi connectivity index (χ1v) is 15.3. The van der Waals surface area contributed by atoms with E-state index in [1.165, 1.54) is 38.5 Å². The van der Waals surface area contributed by atoms with Crippen LogP contribution in [0, 0.1) is 11.8 Å². The third-order valence-electron chi connectivity index (χ3n) is 7.42. The van der Waals surface area contributed by atoms with Gasteiger partial charge < -0.3 is 27.5 Å². The van der Waals surface area contributed by atoms with E-state index in [2.05, 4.69) is 0 Å². The van der Waals surface area contributed by atoms with Crippen LogP contribution >= 0.6 is 0 Å². The van der Waals surface area contributed by atoms with Crippen molar-refractivity contribution in [3.05, 3.63) is 23.8 Å². The Labute approximate surface area is 219 Å². The van der Waals surface area contributed by atoms with Gasteiger partial charge in [-0.15, -0.1) is 0 Å². The quantitative estimate of drug-likeness (QED) is 0.426. The van der Waals surface area contributed by atoms with Gasteiger partial charge in [0.1, 0.15) is 11.5 Å². The Balaban J connectivity index is 1.53. The zero-order valence-electron chi connectivity index (χ0n) is 22.0. The van der Waals surface area contributed by atoms with Crippen LogP contribution in [-0.2, 0) is 39.0 Å². The largest absolute Gasteiger partial charge is 0.745 e. The highest BCUT2D eigenvalue weighted by atomic mass is 28.4. The lowest BCUT2D eigenvalue weighted by molar-refractivity contribution is -0.278. The van der Waals surface area contributed by atoms with Crippen molar-refractivity contribution in [1.82, 2.24) is 0 Å². The van der Waals surface area contributed by atoms with E-state index < -0.39 is 38.7 Å². The molecule has 37 heavy (non-hydrogen) atoms. The van der Waals surface area contributed by atoms with E-state index in [1.54, 1.807) is 12.1 Å². The Morgan fingerprint density at radius 3 is 1.84 bits per heavy atom. The molecule has 0 bridgehead atoms. The molecule has 204 valence electrons. The minimum Gasteiger partial charge on any atom is -0.485 e. The Hall–Kier alpha value is -2.59. The van der Waals surface area contributed by atoms with Crippen molar-refractivity contribution in [2.75, 3.05) is 6.23 Å². The van der Waals surface area contributed by atoms with Gasteiger partial charge >= 0.3 is 8.80 Å². The fraction of sp³-hybridized carbons (Fsp3) is 0.667. The molecule has 0 unspecified atom stereocenters. The van der Waals surface area contributed by atoms with Crippen molar-refractivity contribution in [2.24, 2.45) is 11.8 Å². The van der Waals surface area contributed by atoms with Crippen LogP contribution in [0.4, 0.5) is 0 Å². The van der Waals surface area contributed by atoms with Gasteiger partial charge in [-0.3, -0.25) is 14.4 Å². The maximum Gasteiger partial charge on any atom is 0.745 e. The molecule has 0 amide bonds. The summed E-state index contributed by atoms with van der Waals surface area (Å²) in [6.45, 7) is 3.84. The molecule has 4 rings (SSSR count). The van der Waals surface area contributed by atoms with Gasteiger partial charge in [0.05, 0.1) is 6.61 Å². The molecule has 1 aromatic rings. The molecule has 0 N–H and O–H groups in total. The zero-order valence-corrected chi connectivity index (χ0v) is 23.0. The number of carbonyl (C=O) groups is 3. The molecule has 3 aliphatic rings. The molecule has 9 nitrogen and oxygen atoms in total. The van der Waals surface area contributed by atoms with Gasteiger partial charge in [0.25, 0.3) is 17.9 Å². The van der Waals surface area contributed by atoms with Crippen molar-refractivity contribution in [1.29, 1.82) is 0 Å². The molecule has 1 aliphatic heterocycles. The topological polar surface area (TPSA) is 107 Å². The number of rotatable bonds is 8. The Morgan fingerprint density at radius 1 is 0.838 bits per heavy atom. The van der Waals surface area contributed by atoms with E-state index in [-0.39, 0.29) is 0 Å². The van der Waals surface area contributed by atoms with E-state index in [1.807, 2.05) is 6.07 Å². The van der Waals surface area contributed by atoms with E-state index in [0.717, 1.165) is 57.8 Å². The van der Waals surface area contributed by atoms with Crippen molar-refractivity contribution >= 4 is 26.7 Å². The molecule has 2 aliphatic carbocycles. The predicted molar refractivity (Wildman–Crippen MR) is 134 cm³/mol. The minimum absolute atomic E-state index is 0.385. The molecule has 0 atom stereocenters. The molecular weight excluding hydrogens is 496 g/mol. The highest BCUT2D eigenvalue weighted by Crippen LogP contribution is 2.49. The number of hydrogen-bond acceptors (Lipinski definition) is 9. The lowest BCUT2D eigenvalue weighted by Crippen LogP contribution is -2.55. The normalized spacial score (nSPS) is 20.2. The Bertz CT molecular complexity index is 923. The minimum atomic E-state index is -4.10. The zero-order chi connectivity index (χ0) is 26.5. The van der Waals surface area contributed by atoms with Crippen LogP contribution in [0.5, 0.6) is 11.5 Å². The summed E-state index contributed by atoms with van der Waals surface area (Å²) in [7, 11) is -4.10. The van der Waals surface area contributed by atoms with Gasteiger partial charge in [0.15, 0.2) is 6.23 Å². The number of ether oxygens (including phenoxy) is 3. The molecule has 1 aromatic carbocycles. The first kappa shape index (κ1) is 27.4. The predicted octanol–water partition coefficient (Wildman–Crippen LogP) is 5.00. The van der Waals surface area contributed by atoms with Crippen LogP contribution in [0.15, 0.2) is 18.2 Å². The molecule has 2 fully saturated rings. The maximum atomic E-state index is 11.7. The molecule has 0 saturated heterocycles. The van der Waals surface area contributed by atoms with Crippen molar-refractivity contribution in [2.45, 2.75) is 97.4 Å². The summed E-state index contributed by atoms with van der Waals surface area (Å²) >= 11 is 0. The van der Waals surface area contributed by atoms with Crippen molar-refractivity contribution < 1.29 is 41.9 Å². The molecule has 0 aromatic heterocycles.